The number of oxime groups is 1. The van der Waals surface area contributed by atoms with Gasteiger partial charge in [-0.3, -0.25) is 0 Å². The van der Waals surface area contributed by atoms with Crippen molar-refractivity contribution in [3.63, 3.8) is 0 Å². The van der Waals surface area contributed by atoms with Crippen LogP contribution in [0, 0.1) is 5.92 Å². The molecule has 0 aromatic carbocycles. The quantitative estimate of drug-likeness (QED) is 0.307. The van der Waals surface area contributed by atoms with Crippen LogP contribution in [-0.4, -0.2) is 10.9 Å². The molecule has 1 saturated carbocycles. The molecule has 0 radical (unpaired) electrons. The minimum absolute atomic E-state index is 0.540. The van der Waals surface area contributed by atoms with Gasteiger partial charge in [0.15, 0.2) is 0 Å². The summed E-state index contributed by atoms with van der Waals surface area (Å²) in [4.78, 5) is 0. The van der Waals surface area contributed by atoms with Crippen LogP contribution in [0.5, 0.6) is 0 Å². The molecule has 1 fully saturated rings. The molecule has 0 aromatic heterocycles. The Morgan fingerprint density at radius 2 is 2.38 bits per heavy atom. The van der Waals surface area contributed by atoms with E-state index in [0.717, 1.165) is 25.0 Å². The van der Waals surface area contributed by atoms with Gasteiger partial charge in [-0.2, -0.15) is 0 Å². The largest absolute Gasteiger partial charge is 0.411 e. The maximum absolute atomic E-state index is 8.79. The summed E-state index contributed by atoms with van der Waals surface area (Å²) in [7, 11) is 0. The topological polar surface area (TPSA) is 32.6 Å². The molecule has 0 aliphatic heterocycles. The molecule has 74 valence electrons. The van der Waals surface area contributed by atoms with Gasteiger partial charge in [0, 0.05) is 5.92 Å². The summed E-state index contributed by atoms with van der Waals surface area (Å²) in [6, 6.07) is 0. The van der Waals surface area contributed by atoms with Gasteiger partial charge in [0.05, 0.1) is 5.71 Å². The Morgan fingerprint density at radius 3 is 3.08 bits per heavy atom. The van der Waals surface area contributed by atoms with E-state index in [1.807, 2.05) is 6.08 Å². The van der Waals surface area contributed by atoms with Gasteiger partial charge < -0.3 is 5.21 Å². The van der Waals surface area contributed by atoms with E-state index >= 15 is 0 Å². The van der Waals surface area contributed by atoms with Gasteiger partial charge in [-0.05, 0) is 38.5 Å². The molecular weight excluding hydrogens is 162 g/mol. The van der Waals surface area contributed by atoms with Crippen molar-refractivity contribution in [2.45, 2.75) is 44.9 Å². The lowest BCUT2D eigenvalue weighted by molar-refractivity contribution is 0.307. The third-order valence-electron chi connectivity index (χ3n) is 2.80. The molecule has 0 amide bonds. The fourth-order valence-corrected chi connectivity index (χ4v) is 2.02. The van der Waals surface area contributed by atoms with Crippen molar-refractivity contribution in [3.8, 4) is 0 Å². The van der Waals surface area contributed by atoms with Crippen molar-refractivity contribution in [1.29, 1.82) is 0 Å². The van der Waals surface area contributed by atoms with Crippen LogP contribution in [0.3, 0.4) is 0 Å². The average Bonchev–Trinajstić information content (AvgIpc) is 2.19. The zero-order valence-electron chi connectivity index (χ0n) is 8.21. The Labute approximate surface area is 80.3 Å². The van der Waals surface area contributed by atoms with E-state index in [4.69, 9.17) is 5.21 Å². The molecule has 0 saturated heterocycles. The fraction of sp³-hybridized carbons (Fsp3) is 0.727. The van der Waals surface area contributed by atoms with Gasteiger partial charge in [0.1, 0.15) is 0 Å². The minimum Gasteiger partial charge on any atom is -0.411 e. The summed E-state index contributed by atoms with van der Waals surface area (Å²) in [5.74, 6) is 0.540. The van der Waals surface area contributed by atoms with Crippen LogP contribution in [0.4, 0.5) is 0 Å². The van der Waals surface area contributed by atoms with Gasteiger partial charge in [-0.15, -0.1) is 6.58 Å². The first-order valence-corrected chi connectivity index (χ1v) is 5.20. The normalized spacial score (nSPS) is 26.2. The SMILES string of the molecule is C=CCCCC1CCCC/C1=N/O. The summed E-state index contributed by atoms with van der Waals surface area (Å²) in [6.07, 6.45) is 10.0. The van der Waals surface area contributed by atoms with Gasteiger partial charge in [0.25, 0.3) is 0 Å². The molecule has 1 N–H and O–H groups in total. The number of hydrogen-bond acceptors (Lipinski definition) is 2. The second kappa shape index (κ2) is 5.79. The number of rotatable bonds is 4. The maximum Gasteiger partial charge on any atom is 0.0601 e. The molecule has 0 spiro atoms. The molecule has 2 nitrogen and oxygen atoms in total. The lowest BCUT2D eigenvalue weighted by Crippen LogP contribution is -2.19. The van der Waals surface area contributed by atoms with Crippen LogP contribution in [-0.2, 0) is 0 Å². The molecular formula is C11H19NO. The van der Waals surface area contributed by atoms with E-state index in [2.05, 4.69) is 11.7 Å². The molecule has 1 aliphatic carbocycles. The second-order valence-electron chi connectivity index (χ2n) is 3.75. The average molecular weight is 181 g/mol. The van der Waals surface area contributed by atoms with Crippen molar-refractivity contribution < 1.29 is 5.21 Å². The van der Waals surface area contributed by atoms with E-state index in [0.29, 0.717) is 5.92 Å². The minimum atomic E-state index is 0.540. The molecule has 1 atom stereocenters. The molecule has 1 rings (SSSR count). The predicted molar refractivity (Wildman–Crippen MR) is 55.2 cm³/mol. The Hall–Kier alpha value is -0.790. The van der Waals surface area contributed by atoms with Crippen LogP contribution in [0.15, 0.2) is 17.8 Å². The van der Waals surface area contributed by atoms with Crippen LogP contribution >= 0.6 is 0 Å². The second-order valence-corrected chi connectivity index (χ2v) is 3.75. The maximum atomic E-state index is 8.79. The monoisotopic (exact) mass is 181 g/mol. The third-order valence-corrected chi connectivity index (χ3v) is 2.80. The van der Waals surface area contributed by atoms with Gasteiger partial charge in [-0.25, -0.2) is 0 Å². The number of unbranched alkanes of at least 4 members (excludes halogenated alkanes) is 1. The summed E-state index contributed by atoms with van der Waals surface area (Å²) < 4.78 is 0. The highest BCUT2D eigenvalue weighted by molar-refractivity contribution is 5.86. The first-order valence-electron chi connectivity index (χ1n) is 5.20. The Balaban J connectivity index is 2.32. The fourth-order valence-electron chi connectivity index (χ4n) is 2.02. The van der Waals surface area contributed by atoms with E-state index < -0.39 is 0 Å². The van der Waals surface area contributed by atoms with Crippen molar-refractivity contribution in [3.05, 3.63) is 12.7 Å². The Kier molecular flexibility index (Phi) is 4.58. The highest BCUT2D eigenvalue weighted by Crippen LogP contribution is 2.25. The Morgan fingerprint density at radius 1 is 1.54 bits per heavy atom. The summed E-state index contributed by atoms with van der Waals surface area (Å²) in [5, 5.41) is 12.2. The molecule has 13 heavy (non-hydrogen) atoms. The standard InChI is InChI=1S/C11H19NO/c1-2-3-4-7-10-8-5-6-9-11(10)12-13/h2,10,13H,1,3-9H2/b12-11-. The molecule has 1 aliphatic rings. The summed E-state index contributed by atoms with van der Waals surface area (Å²) in [5.41, 5.74) is 1.02. The number of nitrogens with zero attached hydrogens (tertiary/aromatic N) is 1. The molecule has 0 aromatic rings. The molecule has 2 heteroatoms. The van der Waals surface area contributed by atoms with Crippen LogP contribution in [0.25, 0.3) is 0 Å². The van der Waals surface area contributed by atoms with Crippen molar-refractivity contribution in [2.75, 3.05) is 0 Å². The Bertz CT molecular complexity index is 187. The lowest BCUT2D eigenvalue weighted by atomic mass is 9.84. The van der Waals surface area contributed by atoms with Crippen molar-refractivity contribution in [1.82, 2.24) is 0 Å². The van der Waals surface area contributed by atoms with Gasteiger partial charge in [-0.1, -0.05) is 17.7 Å². The van der Waals surface area contributed by atoms with Gasteiger partial charge in [0.2, 0.25) is 0 Å². The summed E-state index contributed by atoms with van der Waals surface area (Å²) >= 11 is 0. The van der Waals surface area contributed by atoms with Gasteiger partial charge >= 0.3 is 0 Å². The van der Waals surface area contributed by atoms with Crippen LogP contribution < -0.4 is 0 Å². The highest BCUT2D eigenvalue weighted by atomic mass is 16.4. The zero-order chi connectivity index (χ0) is 9.52. The van der Waals surface area contributed by atoms with Crippen LogP contribution in [0.1, 0.15) is 44.9 Å². The number of hydrogen-bond donors (Lipinski definition) is 1. The molecule has 0 heterocycles. The van der Waals surface area contributed by atoms with E-state index in [9.17, 15) is 0 Å². The smallest absolute Gasteiger partial charge is 0.0601 e. The first kappa shape index (κ1) is 10.3. The summed E-state index contributed by atoms with van der Waals surface area (Å²) in [6.45, 7) is 3.70. The lowest BCUT2D eigenvalue weighted by Gasteiger charge is -2.22. The highest BCUT2D eigenvalue weighted by Gasteiger charge is 2.19. The van der Waals surface area contributed by atoms with E-state index in [-0.39, 0.29) is 0 Å². The third kappa shape index (κ3) is 3.21. The zero-order valence-corrected chi connectivity index (χ0v) is 8.21. The predicted octanol–water partition coefficient (Wildman–Crippen LogP) is 3.36. The van der Waals surface area contributed by atoms with Crippen molar-refractivity contribution >= 4 is 5.71 Å². The van der Waals surface area contributed by atoms with Crippen LogP contribution in [0.2, 0.25) is 0 Å². The first-order chi connectivity index (χ1) is 6.38. The molecule has 1 unspecified atom stereocenters. The number of allylic oxidation sites excluding steroid dienone is 1. The van der Waals surface area contributed by atoms with E-state index in [1.54, 1.807) is 0 Å². The molecule has 0 bridgehead atoms. The van der Waals surface area contributed by atoms with Crippen molar-refractivity contribution in [2.24, 2.45) is 11.1 Å². The van der Waals surface area contributed by atoms with E-state index in [1.165, 1.54) is 25.7 Å².